The zero-order valence-electron chi connectivity index (χ0n) is 15.4. The van der Waals surface area contributed by atoms with Crippen LogP contribution in [0.2, 0.25) is 0 Å². The van der Waals surface area contributed by atoms with Gasteiger partial charge in [-0.2, -0.15) is 0 Å². The highest BCUT2D eigenvalue weighted by molar-refractivity contribution is 5.99. The lowest BCUT2D eigenvalue weighted by Crippen LogP contribution is -2.26. The summed E-state index contributed by atoms with van der Waals surface area (Å²) in [6.07, 6.45) is 0.370. The Morgan fingerprint density at radius 2 is 1.96 bits per heavy atom. The molecule has 0 radical (unpaired) electrons. The summed E-state index contributed by atoms with van der Waals surface area (Å²) >= 11 is 0. The van der Waals surface area contributed by atoms with Gasteiger partial charge in [-0.1, -0.05) is 12.1 Å². The molecule has 2 aromatic carbocycles. The molecular formula is C19H20N2O7. The van der Waals surface area contributed by atoms with Gasteiger partial charge in [0.1, 0.15) is 5.56 Å². The number of rotatable bonds is 9. The summed E-state index contributed by atoms with van der Waals surface area (Å²) in [6.45, 7) is 2.22. The largest absolute Gasteiger partial charge is 0.493 e. The van der Waals surface area contributed by atoms with Crippen molar-refractivity contribution in [2.75, 3.05) is 20.3 Å². The highest BCUT2D eigenvalue weighted by Gasteiger charge is 2.24. The molecule has 9 heteroatoms. The molecule has 0 bridgehead atoms. The van der Waals surface area contributed by atoms with Crippen LogP contribution >= 0.6 is 0 Å². The summed E-state index contributed by atoms with van der Waals surface area (Å²) in [6, 6.07) is 8.76. The third kappa shape index (κ3) is 4.97. The van der Waals surface area contributed by atoms with Gasteiger partial charge in [-0.3, -0.25) is 14.9 Å². The molecule has 28 heavy (non-hydrogen) atoms. The normalized spacial score (nSPS) is 10.2. The van der Waals surface area contributed by atoms with E-state index < -0.39 is 22.5 Å². The Bertz CT molecular complexity index is 896. The molecule has 0 atom stereocenters. The van der Waals surface area contributed by atoms with E-state index in [9.17, 15) is 19.7 Å². The number of hydrogen-bond donors (Lipinski definition) is 2. The number of methoxy groups -OCH3 is 1. The summed E-state index contributed by atoms with van der Waals surface area (Å²) in [5.41, 5.74) is 0.328. The van der Waals surface area contributed by atoms with Crippen LogP contribution in [-0.2, 0) is 6.42 Å². The first-order valence-corrected chi connectivity index (χ1v) is 8.47. The van der Waals surface area contributed by atoms with Gasteiger partial charge in [0.15, 0.2) is 11.5 Å². The molecule has 2 aromatic rings. The van der Waals surface area contributed by atoms with Crippen LogP contribution in [0.5, 0.6) is 11.5 Å². The molecular weight excluding hydrogens is 368 g/mol. The minimum Gasteiger partial charge on any atom is -0.493 e. The standard InChI is InChI=1S/C19H20N2O7/c1-3-28-17-10-14(15(21(25)26)11-16(17)27-2)18(22)20-8-7-12-5-4-6-13(9-12)19(23)24/h4-6,9-11H,3,7-8H2,1-2H3,(H,20,22)(H,23,24). The van der Waals surface area contributed by atoms with Crippen molar-refractivity contribution in [2.45, 2.75) is 13.3 Å². The van der Waals surface area contributed by atoms with E-state index in [1.165, 1.54) is 25.3 Å². The molecule has 2 rings (SSSR count). The number of nitro groups is 1. The number of amides is 1. The van der Waals surface area contributed by atoms with Crippen molar-refractivity contribution in [3.63, 3.8) is 0 Å². The van der Waals surface area contributed by atoms with E-state index in [0.717, 1.165) is 11.6 Å². The maximum Gasteiger partial charge on any atom is 0.335 e. The molecule has 0 saturated heterocycles. The number of ether oxygens (including phenoxy) is 2. The highest BCUT2D eigenvalue weighted by Crippen LogP contribution is 2.34. The quantitative estimate of drug-likeness (QED) is 0.499. The van der Waals surface area contributed by atoms with Gasteiger partial charge in [-0.25, -0.2) is 4.79 Å². The second-order valence-corrected chi connectivity index (χ2v) is 5.72. The van der Waals surface area contributed by atoms with E-state index >= 15 is 0 Å². The van der Waals surface area contributed by atoms with Crippen LogP contribution in [-0.4, -0.2) is 42.2 Å². The predicted octanol–water partition coefficient (Wildman–Crippen LogP) is 2.67. The first-order valence-electron chi connectivity index (χ1n) is 8.47. The lowest BCUT2D eigenvalue weighted by molar-refractivity contribution is -0.385. The fraction of sp³-hybridized carbons (Fsp3) is 0.263. The Morgan fingerprint density at radius 1 is 1.21 bits per heavy atom. The Morgan fingerprint density at radius 3 is 2.57 bits per heavy atom. The van der Waals surface area contributed by atoms with Gasteiger partial charge in [-0.15, -0.1) is 0 Å². The molecule has 0 aliphatic rings. The van der Waals surface area contributed by atoms with Crippen molar-refractivity contribution in [3.05, 3.63) is 63.2 Å². The first kappa shape index (κ1) is 20.7. The summed E-state index contributed by atoms with van der Waals surface area (Å²) < 4.78 is 10.5. The third-order valence-corrected chi connectivity index (χ3v) is 3.90. The number of nitrogens with zero attached hydrogens (tertiary/aromatic N) is 1. The molecule has 0 spiro atoms. The number of carbonyl (C=O) groups excluding carboxylic acids is 1. The Kier molecular flexibility index (Phi) is 6.91. The van der Waals surface area contributed by atoms with E-state index in [0.29, 0.717) is 13.0 Å². The number of benzene rings is 2. The number of carboxylic acids is 1. The van der Waals surface area contributed by atoms with Crippen molar-refractivity contribution >= 4 is 17.6 Å². The number of aromatic carboxylic acids is 1. The number of carboxylic acid groups (broad SMARTS) is 1. The summed E-state index contributed by atoms with van der Waals surface area (Å²) in [7, 11) is 1.35. The van der Waals surface area contributed by atoms with E-state index in [2.05, 4.69) is 5.32 Å². The van der Waals surface area contributed by atoms with Crippen molar-refractivity contribution < 1.29 is 29.1 Å². The maximum absolute atomic E-state index is 12.5. The molecule has 0 aromatic heterocycles. The average Bonchev–Trinajstić information content (AvgIpc) is 2.67. The molecule has 0 fully saturated rings. The fourth-order valence-corrected chi connectivity index (χ4v) is 2.59. The van der Waals surface area contributed by atoms with Gasteiger partial charge in [-0.05, 0) is 31.0 Å². The highest BCUT2D eigenvalue weighted by atomic mass is 16.6. The minimum atomic E-state index is -1.04. The van der Waals surface area contributed by atoms with Gasteiger partial charge >= 0.3 is 5.97 Å². The molecule has 0 aliphatic heterocycles. The summed E-state index contributed by atoms with van der Waals surface area (Å²) in [4.78, 5) is 34.2. The van der Waals surface area contributed by atoms with Crippen molar-refractivity contribution in [2.24, 2.45) is 0 Å². The van der Waals surface area contributed by atoms with E-state index in [1.807, 2.05) is 0 Å². The Balaban J connectivity index is 2.16. The lowest BCUT2D eigenvalue weighted by Gasteiger charge is -2.12. The summed E-state index contributed by atoms with van der Waals surface area (Å²) in [5.74, 6) is -1.28. The van der Waals surface area contributed by atoms with Crippen LogP contribution in [0.3, 0.4) is 0 Å². The first-order chi connectivity index (χ1) is 13.4. The number of nitrogens with one attached hydrogen (secondary N) is 1. The van der Waals surface area contributed by atoms with Crippen molar-refractivity contribution in [1.29, 1.82) is 0 Å². The van der Waals surface area contributed by atoms with Crippen molar-refractivity contribution in [3.8, 4) is 11.5 Å². The van der Waals surface area contributed by atoms with Gasteiger partial charge in [0, 0.05) is 12.6 Å². The fourth-order valence-electron chi connectivity index (χ4n) is 2.59. The van der Waals surface area contributed by atoms with Crippen LogP contribution in [0.1, 0.15) is 33.2 Å². The molecule has 0 aliphatic carbocycles. The smallest absolute Gasteiger partial charge is 0.335 e. The van der Waals surface area contributed by atoms with Gasteiger partial charge in [0.25, 0.3) is 11.6 Å². The second kappa shape index (κ2) is 9.36. The second-order valence-electron chi connectivity index (χ2n) is 5.72. The third-order valence-electron chi connectivity index (χ3n) is 3.90. The molecule has 0 heterocycles. The molecule has 1 amide bonds. The van der Waals surface area contributed by atoms with Gasteiger partial charge in [0.2, 0.25) is 0 Å². The van der Waals surface area contributed by atoms with E-state index in [4.69, 9.17) is 14.6 Å². The van der Waals surface area contributed by atoms with E-state index in [-0.39, 0.29) is 29.2 Å². The lowest BCUT2D eigenvalue weighted by atomic mass is 10.1. The van der Waals surface area contributed by atoms with Gasteiger partial charge in [0.05, 0.1) is 30.3 Å². The molecule has 0 unspecified atom stereocenters. The van der Waals surface area contributed by atoms with Crippen molar-refractivity contribution in [1.82, 2.24) is 5.32 Å². The number of nitro benzene ring substituents is 1. The molecule has 0 saturated carbocycles. The van der Waals surface area contributed by atoms with Crippen LogP contribution in [0.4, 0.5) is 5.69 Å². The average molecular weight is 388 g/mol. The predicted molar refractivity (Wildman–Crippen MR) is 100 cm³/mol. The Hall–Kier alpha value is -3.62. The van der Waals surface area contributed by atoms with Crippen LogP contribution in [0.15, 0.2) is 36.4 Å². The number of carbonyl (C=O) groups is 2. The van der Waals surface area contributed by atoms with Crippen LogP contribution in [0.25, 0.3) is 0 Å². The monoisotopic (exact) mass is 388 g/mol. The molecule has 148 valence electrons. The molecule has 2 N–H and O–H groups in total. The topological polar surface area (TPSA) is 128 Å². The SMILES string of the molecule is CCOc1cc(C(=O)NCCc2cccc(C(=O)O)c2)c([N+](=O)[O-])cc1OC. The Labute approximate surface area is 161 Å². The van der Waals surface area contributed by atoms with Crippen LogP contribution < -0.4 is 14.8 Å². The van der Waals surface area contributed by atoms with Gasteiger partial charge < -0.3 is 19.9 Å². The summed E-state index contributed by atoms with van der Waals surface area (Å²) in [5, 5.41) is 23.0. The minimum absolute atomic E-state index is 0.145. The molecule has 9 nitrogen and oxygen atoms in total. The zero-order valence-corrected chi connectivity index (χ0v) is 15.4. The number of hydrogen-bond acceptors (Lipinski definition) is 6. The zero-order chi connectivity index (χ0) is 20.7. The van der Waals surface area contributed by atoms with Crippen LogP contribution in [0, 0.1) is 10.1 Å². The van der Waals surface area contributed by atoms with E-state index in [1.54, 1.807) is 19.1 Å². The maximum atomic E-state index is 12.5.